The van der Waals surface area contributed by atoms with Crippen molar-refractivity contribution < 1.29 is 0 Å². The summed E-state index contributed by atoms with van der Waals surface area (Å²) in [6, 6.07) is 0. The lowest BCUT2D eigenvalue weighted by molar-refractivity contribution is 0.270. The molecule has 74 valence electrons. The van der Waals surface area contributed by atoms with E-state index in [2.05, 4.69) is 10.9 Å². The number of hydrazine groups is 2. The van der Waals surface area contributed by atoms with Crippen LogP contribution < -0.4 is 10.9 Å². The second kappa shape index (κ2) is 7.49. The molecule has 0 bridgehead atoms. The second-order valence-electron chi connectivity index (χ2n) is 3.31. The van der Waals surface area contributed by atoms with Crippen LogP contribution in [0, 0.1) is 0 Å². The third-order valence-corrected chi connectivity index (χ3v) is 1.46. The molecule has 0 aliphatic carbocycles. The normalized spacial score (nSPS) is 11.5. The molecule has 0 aromatic carbocycles. The highest BCUT2D eigenvalue weighted by molar-refractivity contribution is 4.45. The first kappa shape index (κ1) is 11.8. The molecule has 0 aromatic rings. The third-order valence-electron chi connectivity index (χ3n) is 1.46. The smallest absolute Gasteiger partial charge is 0.0102 e. The summed E-state index contributed by atoms with van der Waals surface area (Å²) in [5.41, 5.74) is 6.45. The van der Waals surface area contributed by atoms with Crippen LogP contribution in [0.5, 0.6) is 0 Å². The van der Waals surface area contributed by atoms with Gasteiger partial charge in [-0.15, -0.1) is 0 Å². The van der Waals surface area contributed by atoms with Gasteiger partial charge in [0.2, 0.25) is 0 Å². The largest absolute Gasteiger partial charge is 0.256 e. The highest BCUT2D eigenvalue weighted by Crippen LogP contribution is 1.84. The molecule has 0 heterocycles. The molecule has 0 aromatic heterocycles. The summed E-state index contributed by atoms with van der Waals surface area (Å²) >= 11 is 0. The Labute approximate surface area is 75.9 Å². The van der Waals surface area contributed by atoms with Gasteiger partial charge in [-0.3, -0.25) is 20.9 Å². The maximum Gasteiger partial charge on any atom is 0.0102 e. The lowest BCUT2D eigenvalue weighted by atomic mass is 10.3. The summed E-state index contributed by atoms with van der Waals surface area (Å²) in [7, 11) is 8.05. The van der Waals surface area contributed by atoms with Crippen LogP contribution in [-0.2, 0) is 0 Å². The van der Waals surface area contributed by atoms with E-state index in [0.717, 1.165) is 13.1 Å². The number of hydrogen-bond donors (Lipinski definition) is 2. The average Bonchev–Trinajstić information content (AvgIpc) is 1.95. The van der Waals surface area contributed by atoms with Crippen molar-refractivity contribution in [2.45, 2.75) is 12.8 Å². The van der Waals surface area contributed by atoms with Crippen LogP contribution >= 0.6 is 0 Å². The van der Waals surface area contributed by atoms with Crippen LogP contribution in [0.1, 0.15) is 12.8 Å². The minimum atomic E-state index is 1.06. The summed E-state index contributed by atoms with van der Waals surface area (Å²) in [5.74, 6) is 0. The van der Waals surface area contributed by atoms with Gasteiger partial charge in [0.1, 0.15) is 0 Å². The quantitative estimate of drug-likeness (QED) is 0.417. The molecule has 0 saturated carbocycles. The molecule has 2 N–H and O–H groups in total. The third kappa shape index (κ3) is 9.84. The standard InChI is InChI=1S/C8H22N4/c1-11(2)9-7-5-6-8-10-12(3)4/h9-10H,5-8H2,1-4H3. The van der Waals surface area contributed by atoms with Gasteiger partial charge in [0.15, 0.2) is 0 Å². The fraction of sp³-hybridized carbons (Fsp3) is 1.00. The zero-order valence-corrected chi connectivity index (χ0v) is 8.72. The maximum atomic E-state index is 3.23. The molecule has 4 heteroatoms. The predicted molar refractivity (Wildman–Crippen MR) is 52.6 cm³/mol. The highest BCUT2D eigenvalue weighted by Gasteiger charge is 1.90. The molecular weight excluding hydrogens is 152 g/mol. The number of nitrogens with one attached hydrogen (secondary N) is 2. The first-order chi connectivity index (χ1) is 5.63. The molecule has 0 aliphatic rings. The van der Waals surface area contributed by atoms with Crippen LogP contribution in [0.3, 0.4) is 0 Å². The Bertz CT molecular complexity index is 81.1. The minimum Gasteiger partial charge on any atom is -0.256 e. The summed E-state index contributed by atoms with van der Waals surface area (Å²) in [6.07, 6.45) is 2.41. The van der Waals surface area contributed by atoms with Crippen molar-refractivity contribution in [1.82, 2.24) is 20.9 Å². The maximum absolute atomic E-state index is 3.23. The summed E-state index contributed by atoms with van der Waals surface area (Å²) in [6.45, 7) is 2.12. The van der Waals surface area contributed by atoms with E-state index in [4.69, 9.17) is 0 Å². The molecule has 0 spiro atoms. The molecular formula is C8H22N4. The molecule has 0 aliphatic heterocycles. The number of nitrogens with zero attached hydrogens (tertiary/aromatic N) is 2. The SMILES string of the molecule is CN(C)NCCCCNN(C)C. The van der Waals surface area contributed by atoms with Gasteiger partial charge in [0.25, 0.3) is 0 Å². The molecule has 0 unspecified atom stereocenters. The fourth-order valence-electron chi connectivity index (χ4n) is 0.855. The lowest BCUT2D eigenvalue weighted by Crippen LogP contribution is -2.33. The zero-order valence-electron chi connectivity index (χ0n) is 8.72. The van der Waals surface area contributed by atoms with Gasteiger partial charge in [-0.25, -0.2) is 0 Å². The van der Waals surface area contributed by atoms with E-state index >= 15 is 0 Å². The number of rotatable bonds is 7. The predicted octanol–water partition coefficient (Wildman–Crippen LogP) is -0.101. The fourth-order valence-corrected chi connectivity index (χ4v) is 0.855. The molecule has 0 radical (unpaired) electrons. The van der Waals surface area contributed by atoms with Crippen LogP contribution in [0.2, 0.25) is 0 Å². The molecule has 0 fully saturated rings. The van der Waals surface area contributed by atoms with Crippen LogP contribution in [0.15, 0.2) is 0 Å². The summed E-state index contributed by atoms with van der Waals surface area (Å²) < 4.78 is 0. The Hall–Kier alpha value is -0.160. The Morgan fingerprint density at radius 2 is 1.08 bits per heavy atom. The first-order valence-corrected chi connectivity index (χ1v) is 4.44. The molecule has 0 atom stereocenters. The monoisotopic (exact) mass is 174 g/mol. The van der Waals surface area contributed by atoms with E-state index in [-0.39, 0.29) is 0 Å². The van der Waals surface area contributed by atoms with Crippen molar-refractivity contribution in [2.24, 2.45) is 0 Å². The van der Waals surface area contributed by atoms with Crippen molar-refractivity contribution >= 4 is 0 Å². The lowest BCUT2D eigenvalue weighted by Gasteiger charge is -2.13. The van der Waals surface area contributed by atoms with Gasteiger partial charge < -0.3 is 0 Å². The summed E-state index contributed by atoms with van der Waals surface area (Å²) in [4.78, 5) is 0. The van der Waals surface area contributed by atoms with Gasteiger partial charge in [-0.2, -0.15) is 0 Å². The van der Waals surface area contributed by atoms with E-state index < -0.39 is 0 Å². The molecule has 4 nitrogen and oxygen atoms in total. The van der Waals surface area contributed by atoms with Gasteiger partial charge in [-0.1, -0.05) is 0 Å². The van der Waals surface area contributed by atoms with E-state index in [9.17, 15) is 0 Å². The Balaban J connectivity index is 2.91. The topological polar surface area (TPSA) is 30.5 Å². The second-order valence-corrected chi connectivity index (χ2v) is 3.31. The van der Waals surface area contributed by atoms with Crippen LogP contribution in [0.25, 0.3) is 0 Å². The van der Waals surface area contributed by atoms with E-state index in [1.54, 1.807) is 0 Å². The van der Waals surface area contributed by atoms with Crippen LogP contribution in [0.4, 0.5) is 0 Å². The summed E-state index contributed by atoms with van der Waals surface area (Å²) in [5, 5.41) is 3.97. The van der Waals surface area contributed by atoms with E-state index in [1.807, 2.05) is 38.2 Å². The van der Waals surface area contributed by atoms with Crippen LogP contribution in [-0.4, -0.2) is 51.3 Å². The first-order valence-electron chi connectivity index (χ1n) is 4.44. The van der Waals surface area contributed by atoms with Crippen molar-refractivity contribution in [3.05, 3.63) is 0 Å². The Kier molecular flexibility index (Phi) is 7.39. The average molecular weight is 174 g/mol. The van der Waals surface area contributed by atoms with Gasteiger partial charge in [-0.05, 0) is 12.8 Å². The highest BCUT2D eigenvalue weighted by atomic mass is 15.5. The number of unbranched alkanes of at least 4 members (excludes halogenated alkanes) is 1. The van der Waals surface area contributed by atoms with Gasteiger partial charge in [0.05, 0.1) is 0 Å². The Morgan fingerprint density at radius 3 is 1.33 bits per heavy atom. The van der Waals surface area contributed by atoms with Crippen molar-refractivity contribution in [1.29, 1.82) is 0 Å². The van der Waals surface area contributed by atoms with Crippen molar-refractivity contribution in [3.8, 4) is 0 Å². The minimum absolute atomic E-state index is 1.06. The van der Waals surface area contributed by atoms with E-state index in [1.165, 1.54) is 12.8 Å². The zero-order chi connectivity index (χ0) is 9.40. The van der Waals surface area contributed by atoms with Gasteiger partial charge in [0, 0.05) is 41.3 Å². The van der Waals surface area contributed by atoms with Crippen molar-refractivity contribution in [2.75, 3.05) is 41.3 Å². The molecule has 0 rings (SSSR count). The van der Waals surface area contributed by atoms with Crippen molar-refractivity contribution in [3.63, 3.8) is 0 Å². The molecule has 0 amide bonds. The Morgan fingerprint density at radius 1 is 0.750 bits per heavy atom. The number of hydrogen-bond acceptors (Lipinski definition) is 4. The molecule has 0 saturated heterocycles. The van der Waals surface area contributed by atoms with E-state index in [0.29, 0.717) is 0 Å². The van der Waals surface area contributed by atoms with Gasteiger partial charge >= 0.3 is 0 Å². The molecule has 12 heavy (non-hydrogen) atoms.